The minimum absolute atomic E-state index is 0.111. The summed E-state index contributed by atoms with van der Waals surface area (Å²) in [5, 5.41) is 9.86. The van der Waals surface area contributed by atoms with E-state index >= 15 is 0 Å². The van der Waals surface area contributed by atoms with E-state index in [1.165, 1.54) is 0 Å². The predicted molar refractivity (Wildman–Crippen MR) is 83.2 cm³/mol. The first-order chi connectivity index (χ1) is 11.1. The van der Waals surface area contributed by atoms with Crippen LogP contribution in [0.5, 0.6) is 0 Å². The number of aliphatic hydroxyl groups excluding tert-OH is 1. The van der Waals surface area contributed by atoms with Crippen LogP contribution in [0.3, 0.4) is 0 Å². The minimum atomic E-state index is -0.916. The molecule has 1 atom stereocenters. The van der Waals surface area contributed by atoms with Crippen molar-refractivity contribution in [1.29, 1.82) is 0 Å². The van der Waals surface area contributed by atoms with Gasteiger partial charge in [-0.05, 0) is 11.1 Å². The number of ether oxygens (including phenoxy) is 2. The molecule has 0 saturated carbocycles. The molecule has 0 aliphatic heterocycles. The Bertz CT molecular complexity index is 624. The molecule has 1 unspecified atom stereocenters. The Hall–Kier alpha value is -2.66. The first kappa shape index (κ1) is 16.7. The van der Waals surface area contributed by atoms with Crippen LogP contribution in [0.4, 0.5) is 0 Å². The number of aliphatic hydroxyl groups is 1. The molecule has 0 fully saturated rings. The van der Waals surface area contributed by atoms with E-state index in [2.05, 4.69) is 0 Å². The van der Waals surface area contributed by atoms with E-state index in [1.807, 2.05) is 36.4 Å². The molecule has 0 amide bonds. The molecular formula is C18H18O5. The first-order valence-electron chi connectivity index (χ1n) is 7.23. The van der Waals surface area contributed by atoms with Gasteiger partial charge in [0.1, 0.15) is 25.7 Å². The quantitative estimate of drug-likeness (QED) is 0.627. The van der Waals surface area contributed by atoms with Crippen molar-refractivity contribution in [2.75, 3.05) is 6.61 Å². The van der Waals surface area contributed by atoms with Gasteiger partial charge >= 0.3 is 11.9 Å². The average molecular weight is 314 g/mol. The van der Waals surface area contributed by atoms with Gasteiger partial charge in [0.15, 0.2) is 0 Å². The normalized spacial score (nSPS) is 11.5. The van der Waals surface area contributed by atoms with Gasteiger partial charge in [-0.1, -0.05) is 60.7 Å². The highest BCUT2D eigenvalue weighted by Crippen LogP contribution is 2.12. The smallest absolute Gasteiger partial charge is 0.317 e. The molecule has 120 valence electrons. The molecule has 5 heteroatoms. The van der Waals surface area contributed by atoms with Crippen molar-refractivity contribution in [3.63, 3.8) is 0 Å². The van der Waals surface area contributed by atoms with Gasteiger partial charge in [0.05, 0.1) is 0 Å². The van der Waals surface area contributed by atoms with Crippen LogP contribution in [-0.4, -0.2) is 23.7 Å². The van der Waals surface area contributed by atoms with E-state index < -0.39 is 24.5 Å². The van der Waals surface area contributed by atoms with Crippen molar-refractivity contribution in [3.05, 3.63) is 71.8 Å². The molecule has 0 saturated heterocycles. The van der Waals surface area contributed by atoms with Crippen molar-refractivity contribution in [2.45, 2.75) is 19.1 Å². The summed E-state index contributed by atoms with van der Waals surface area (Å²) in [6.45, 7) is -0.0889. The molecule has 23 heavy (non-hydrogen) atoms. The molecule has 2 aromatic rings. The Morgan fingerprint density at radius 2 is 1.43 bits per heavy atom. The summed E-state index contributed by atoms with van der Waals surface area (Å²) in [6.07, 6.45) is -1.39. The van der Waals surface area contributed by atoms with Gasteiger partial charge in [-0.25, -0.2) is 0 Å². The second kappa shape index (κ2) is 8.70. The van der Waals surface area contributed by atoms with Gasteiger partial charge in [0.2, 0.25) is 0 Å². The van der Waals surface area contributed by atoms with Crippen molar-refractivity contribution in [2.24, 2.45) is 0 Å². The van der Waals surface area contributed by atoms with E-state index in [0.29, 0.717) is 5.56 Å². The topological polar surface area (TPSA) is 72.8 Å². The lowest BCUT2D eigenvalue weighted by molar-refractivity contribution is -0.157. The Kier molecular flexibility index (Phi) is 6.32. The van der Waals surface area contributed by atoms with Crippen LogP contribution < -0.4 is 0 Å². The average Bonchev–Trinajstić information content (AvgIpc) is 2.59. The zero-order valence-corrected chi connectivity index (χ0v) is 12.6. The maximum Gasteiger partial charge on any atom is 0.317 e. The van der Waals surface area contributed by atoms with Crippen LogP contribution in [0, 0.1) is 0 Å². The van der Waals surface area contributed by atoms with Crippen LogP contribution in [0.2, 0.25) is 0 Å². The third kappa shape index (κ3) is 5.92. The number of hydrogen-bond acceptors (Lipinski definition) is 5. The fourth-order valence-corrected chi connectivity index (χ4v) is 1.90. The summed E-state index contributed by atoms with van der Waals surface area (Å²) < 4.78 is 9.88. The largest absolute Gasteiger partial charge is 0.462 e. The monoisotopic (exact) mass is 314 g/mol. The number of esters is 2. The molecular weight excluding hydrogens is 296 g/mol. The Labute approximate surface area is 134 Å². The zero-order chi connectivity index (χ0) is 16.5. The van der Waals surface area contributed by atoms with Crippen LogP contribution in [0.1, 0.15) is 23.7 Å². The summed E-state index contributed by atoms with van der Waals surface area (Å²) in [7, 11) is 0. The third-order valence-corrected chi connectivity index (χ3v) is 3.12. The zero-order valence-electron chi connectivity index (χ0n) is 12.6. The maximum absolute atomic E-state index is 11.6. The fraction of sp³-hybridized carbons (Fsp3) is 0.222. The molecule has 0 aliphatic rings. The first-order valence-corrected chi connectivity index (χ1v) is 7.23. The Morgan fingerprint density at radius 1 is 0.870 bits per heavy atom. The lowest BCUT2D eigenvalue weighted by Crippen LogP contribution is -2.17. The van der Waals surface area contributed by atoms with Crippen molar-refractivity contribution in [3.8, 4) is 0 Å². The predicted octanol–water partition coefficient (Wildman–Crippen LogP) is 2.40. The van der Waals surface area contributed by atoms with Gasteiger partial charge in [-0.2, -0.15) is 0 Å². The summed E-state index contributed by atoms with van der Waals surface area (Å²) in [4.78, 5) is 23.1. The standard InChI is InChI=1S/C18H18O5/c19-16(15-9-5-2-6-10-15)13-23-18(21)11-17(20)22-12-14-7-3-1-4-8-14/h1-10,16,19H,11-13H2. The second-order valence-electron chi connectivity index (χ2n) is 4.93. The van der Waals surface area contributed by atoms with Crippen LogP contribution in [0.25, 0.3) is 0 Å². The Morgan fingerprint density at radius 3 is 2.09 bits per heavy atom. The summed E-state index contributed by atoms with van der Waals surface area (Å²) in [5.41, 5.74) is 1.49. The van der Waals surface area contributed by atoms with E-state index in [1.54, 1.807) is 24.3 Å². The number of carbonyl (C=O) groups is 2. The van der Waals surface area contributed by atoms with Gasteiger partial charge in [0, 0.05) is 0 Å². The van der Waals surface area contributed by atoms with Crippen molar-refractivity contribution >= 4 is 11.9 Å². The molecule has 1 N–H and O–H groups in total. The highest BCUT2D eigenvalue weighted by Gasteiger charge is 2.15. The SMILES string of the molecule is O=C(CC(=O)OCC(O)c1ccccc1)OCc1ccccc1. The lowest BCUT2D eigenvalue weighted by Gasteiger charge is -2.11. The maximum atomic E-state index is 11.6. The van der Waals surface area contributed by atoms with E-state index in [9.17, 15) is 14.7 Å². The van der Waals surface area contributed by atoms with E-state index in [-0.39, 0.29) is 13.2 Å². The summed E-state index contributed by atoms with van der Waals surface area (Å²) in [6, 6.07) is 18.0. The fourth-order valence-electron chi connectivity index (χ4n) is 1.90. The third-order valence-electron chi connectivity index (χ3n) is 3.12. The Balaban J connectivity index is 1.69. The van der Waals surface area contributed by atoms with E-state index in [0.717, 1.165) is 5.56 Å². The van der Waals surface area contributed by atoms with Crippen LogP contribution in [-0.2, 0) is 25.7 Å². The minimum Gasteiger partial charge on any atom is -0.462 e. The van der Waals surface area contributed by atoms with Gasteiger partial charge < -0.3 is 14.6 Å². The molecule has 0 heterocycles. The van der Waals surface area contributed by atoms with Crippen molar-refractivity contribution < 1.29 is 24.2 Å². The lowest BCUT2D eigenvalue weighted by atomic mass is 10.1. The molecule has 0 bridgehead atoms. The molecule has 5 nitrogen and oxygen atoms in total. The number of rotatable bonds is 7. The van der Waals surface area contributed by atoms with Crippen LogP contribution in [0.15, 0.2) is 60.7 Å². The van der Waals surface area contributed by atoms with Crippen molar-refractivity contribution in [1.82, 2.24) is 0 Å². The van der Waals surface area contributed by atoms with Gasteiger partial charge in [0.25, 0.3) is 0 Å². The van der Waals surface area contributed by atoms with Gasteiger partial charge in [-0.3, -0.25) is 9.59 Å². The number of carbonyl (C=O) groups excluding carboxylic acids is 2. The highest BCUT2D eigenvalue weighted by molar-refractivity contribution is 5.91. The van der Waals surface area contributed by atoms with Crippen LogP contribution >= 0.6 is 0 Å². The highest BCUT2D eigenvalue weighted by atomic mass is 16.6. The summed E-state index contributed by atoms with van der Waals surface area (Å²) in [5.74, 6) is -1.38. The molecule has 0 spiro atoms. The molecule has 0 aromatic heterocycles. The molecule has 0 aliphatic carbocycles. The molecule has 2 rings (SSSR count). The van der Waals surface area contributed by atoms with E-state index in [4.69, 9.17) is 9.47 Å². The molecule has 0 radical (unpaired) electrons. The summed E-state index contributed by atoms with van der Waals surface area (Å²) >= 11 is 0. The second-order valence-corrected chi connectivity index (χ2v) is 4.93. The van der Waals surface area contributed by atoms with Gasteiger partial charge in [-0.15, -0.1) is 0 Å². The number of hydrogen-bond donors (Lipinski definition) is 1. The number of benzene rings is 2. The molecule has 2 aromatic carbocycles.